The number of nitrogens with zero attached hydrogens (tertiary/aromatic N) is 2. The summed E-state index contributed by atoms with van der Waals surface area (Å²) < 4.78 is 25.6. The van der Waals surface area contributed by atoms with E-state index < -0.39 is 20.9 Å². The van der Waals surface area contributed by atoms with Crippen LogP contribution in [0.2, 0.25) is 0 Å². The molecule has 0 saturated carbocycles. The molecule has 1 N–H and O–H groups in total. The van der Waals surface area contributed by atoms with Crippen LogP contribution in [0.4, 0.5) is 17.1 Å². The van der Waals surface area contributed by atoms with Crippen LogP contribution < -0.4 is 9.62 Å². The van der Waals surface area contributed by atoms with Gasteiger partial charge in [-0.15, -0.1) is 0 Å². The molecular weight excluding hydrogens is 370 g/mol. The van der Waals surface area contributed by atoms with Gasteiger partial charge in [0.05, 0.1) is 16.4 Å². The first-order chi connectivity index (χ1) is 12.7. The molecule has 0 spiro atoms. The predicted molar refractivity (Wildman–Crippen MR) is 103 cm³/mol. The Hall–Kier alpha value is -2.94. The second kappa shape index (κ2) is 6.99. The number of nitro groups is 1. The Morgan fingerprint density at radius 3 is 2.48 bits per heavy atom. The number of nitrogens with one attached hydrogen (secondary N) is 1. The number of carbonyl (C=O) groups is 1. The zero-order valence-electron chi connectivity index (χ0n) is 14.9. The highest BCUT2D eigenvalue weighted by atomic mass is 32.2. The quantitative estimate of drug-likeness (QED) is 0.638. The number of amides is 1. The summed E-state index contributed by atoms with van der Waals surface area (Å²) >= 11 is 0. The Bertz CT molecular complexity index is 1030. The van der Waals surface area contributed by atoms with Crippen molar-refractivity contribution in [3.05, 3.63) is 63.2 Å². The number of hydrogen-bond donors (Lipinski definition) is 1. The van der Waals surface area contributed by atoms with Gasteiger partial charge in [0.2, 0.25) is 10.0 Å². The van der Waals surface area contributed by atoms with Gasteiger partial charge in [-0.05, 0) is 44.0 Å². The average Bonchev–Trinajstić information content (AvgIpc) is 2.96. The van der Waals surface area contributed by atoms with Crippen LogP contribution >= 0.6 is 0 Å². The molecule has 27 heavy (non-hydrogen) atoms. The SMILES string of the molecule is Cc1ccc(N2CCCS2(=O)=O)cc1NC(=O)c1ccc(C)c([N+](=O)[O-])c1. The molecule has 1 aliphatic rings. The fraction of sp³-hybridized carbons (Fsp3) is 0.278. The van der Waals surface area contributed by atoms with E-state index in [-0.39, 0.29) is 17.0 Å². The summed E-state index contributed by atoms with van der Waals surface area (Å²) in [6.45, 7) is 3.79. The van der Waals surface area contributed by atoms with Crippen LogP contribution in [-0.4, -0.2) is 31.5 Å². The van der Waals surface area contributed by atoms with E-state index in [1.807, 2.05) is 0 Å². The number of rotatable bonds is 4. The van der Waals surface area contributed by atoms with Gasteiger partial charge in [0.1, 0.15) is 0 Å². The standard InChI is InChI=1S/C18H19N3O5S/c1-12-5-7-15(20-8-3-9-27(20,25)26)11-16(12)19-18(22)14-6-4-13(2)17(10-14)21(23)24/h4-7,10-11H,3,8-9H2,1-2H3,(H,19,22). The van der Waals surface area contributed by atoms with Crippen molar-refractivity contribution in [2.45, 2.75) is 20.3 Å². The third-order valence-electron chi connectivity index (χ3n) is 4.52. The van der Waals surface area contributed by atoms with Gasteiger partial charge in [0.25, 0.3) is 11.6 Å². The van der Waals surface area contributed by atoms with Gasteiger partial charge in [-0.2, -0.15) is 0 Å². The zero-order chi connectivity index (χ0) is 19.8. The number of benzene rings is 2. The summed E-state index contributed by atoms with van der Waals surface area (Å²) in [6.07, 6.45) is 0.560. The summed E-state index contributed by atoms with van der Waals surface area (Å²) in [6, 6.07) is 9.31. The van der Waals surface area contributed by atoms with E-state index in [9.17, 15) is 23.3 Å². The lowest BCUT2D eigenvalue weighted by atomic mass is 10.1. The highest BCUT2D eigenvalue weighted by molar-refractivity contribution is 7.93. The summed E-state index contributed by atoms with van der Waals surface area (Å²) in [5, 5.41) is 13.8. The monoisotopic (exact) mass is 389 g/mol. The summed E-state index contributed by atoms with van der Waals surface area (Å²) in [4.78, 5) is 23.1. The molecule has 3 rings (SSSR count). The van der Waals surface area contributed by atoms with E-state index in [0.717, 1.165) is 5.56 Å². The first-order valence-corrected chi connectivity index (χ1v) is 9.97. The molecule has 0 aliphatic carbocycles. The first kappa shape index (κ1) is 18.8. The van der Waals surface area contributed by atoms with E-state index in [1.165, 1.54) is 22.5 Å². The van der Waals surface area contributed by atoms with Crippen LogP contribution in [0.1, 0.15) is 27.9 Å². The molecule has 1 amide bonds. The number of sulfonamides is 1. The first-order valence-electron chi connectivity index (χ1n) is 8.36. The van der Waals surface area contributed by atoms with E-state index in [4.69, 9.17) is 0 Å². The van der Waals surface area contributed by atoms with E-state index >= 15 is 0 Å². The summed E-state index contributed by atoms with van der Waals surface area (Å²) in [7, 11) is -3.32. The molecule has 0 atom stereocenters. The van der Waals surface area contributed by atoms with Gasteiger partial charge in [-0.1, -0.05) is 12.1 Å². The molecule has 1 saturated heterocycles. The molecule has 1 fully saturated rings. The maximum absolute atomic E-state index is 12.5. The van der Waals surface area contributed by atoms with E-state index in [2.05, 4.69) is 5.32 Å². The van der Waals surface area contributed by atoms with Crippen LogP contribution in [-0.2, 0) is 10.0 Å². The largest absolute Gasteiger partial charge is 0.322 e. The van der Waals surface area contributed by atoms with Crippen LogP contribution in [0.15, 0.2) is 36.4 Å². The van der Waals surface area contributed by atoms with Gasteiger partial charge >= 0.3 is 0 Å². The molecule has 1 heterocycles. The summed E-state index contributed by atoms with van der Waals surface area (Å²) in [5.41, 5.74) is 2.20. The van der Waals surface area contributed by atoms with Gasteiger partial charge in [-0.25, -0.2) is 8.42 Å². The number of anilines is 2. The molecule has 2 aromatic rings. The van der Waals surface area contributed by atoms with Gasteiger partial charge in [-0.3, -0.25) is 19.2 Å². The Morgan fingerprint density at radius 2 is 1.85 bits per heavy atom. The maximum atomic E-state index is 12.5. The molecule has 8 nitrogen and oxygen atoms in total. The van der Waals surface area contributed by atoms with E-state index in [1.54, 1.807) is 32.0 Å². The van der Waals surface area contributed by atoms with Crippen LogP contribution in [0.3, 0.4) is 0 Å². The number of aryl methyl sites for hydroxylation is 2. The fourth-order valence-corrected chi connectivity index (χ4v) is 4.53. The average molecular weight is 389 g/mol. The van der Waals surface area contributed by atoms with Gasteiger partial charge in [0.15, 0.2) is 0 Å². The Labute approximate surface area is 157 Å². The third kappa shape index (κ3) is 3.77. The molecule has 9 heteroatoms. The molecule has 0 unspecified atom stereocenters. The van der Waals surface area contributed by atoms with Crippen molar-refractivity contribution >= 4 is 33.0 Å². The van der Waals surface area contributed by atoms with Crippen LogP contribution in [0.25, 0.3) is 0 Å². The highest BCUT2D eigenvalue weighted by Crippen LogP contribution is 2.29. The fourth-order valence-electron chi connectivity index (χ4n) is 2.97. The zero-order valence-corrected chi connectivity index (χ0v) is 15.7. The smallest absolute Gasteiger partial charge is 0.273 e. The lowest BCUT2D eigenvalue weighted by Gasteiger charge is -2.19. The van der Waals surface area contributed by atoms with Crippen molar-refractivity contribution in [3.63, 3.8) is 0 Å². The minimum absolute atomic E-state index is 0.107. The normalized spacial score (nSPS) is 15.6. The Morgan fingerprint density at radius 1 is 1.15 bits per heavy atom. The van der Waals surface area contributed by atoms with Crippen molar-refractivity contribution in [2.75, 3.05) is 21.9 Å². The lowest BCUT2D eigenvalue weighted by molar-refractivity contribution is -0.385. The Balaban J connectivity index is 1.89. The lowest BCUT2D eigenvalue weighted by Crippen LogP contribution is -2.25. The van der Waals surface area contributed by atoms with Gasteiger partial charge in [0, 0.05) is 29.4 Å². The molecule has 0 aromatic heterocycles. The van der Waals surface area contributed by atoms with Crippen molar-refractivity contribution in [3.8, 4) is 0 Å². The van der Waals surface area contributed by atoms with E-state index in [0.29, 0.717) is 29.9 Å². The number of nitro benzene ring substituents is 1. The minimum Gasteiger partial charge on any atom is -0.322 e. The van der Waals surface area contributed by atoms with Crippen LogP contribution in [0.5, 0.6) is 0 Å². The highest BCUT2D eigenvalue weighted by Gasteiger charge is 2.28. The molecule has 0 radical (unpaired) electrons. The molecule has 1 aliphatic heterocycles. The number of hydrogen-bond acceptors (Lipinski definition) is 5. The molecular formula is C18H19N3O5S. The molecule has 2 aromatic carbocycles. The van der Waals surface area contributed by atoms with Crippen molar-refractivity contribution < 1.29 is 18.1 Å². The summed E-state index contributed by atoms with van der Waals surface area (Å²) in [5.74, 6) is -0.391. The van der Waals surface area contributed by atoms with Crippen molar-refractivity contribution in [2.24, 2.45) is 0 Å². The second-order valence-electron chi connectivity index (χ2n) is 6.45. The van der Waals surface area contributed by atoms with Crippen molar-refractivity contribution in [1.29, 1.82) is 0 Å². The van der Waals surface area contributed by atoms with Gasteiger partial charge < -0.3 is 5.32 Å². The molecule has 0 bridgehead atoms. The minimum atomic E-state index is -3.32. The van der Waals surface area contributed by atoms with Crippen LogP contribution in [0, 0.1) is 24.0 Å². The third-order valence-corrected chi connectivity index (χ3v) is 6.39. The maximum Gasteiger partial charge on any atom is 0.273 e. The topological polar surface area (TPSA) is 110 Å². The van der Waals surface area contributed by atoms with Crippen molar-refractivity contribution in [1.82, 2.24) is 0 Å². The Kier molecular flexibility index (Phi) is 4.88. The predicted octanol–water partition coefficient (Wildman–Crippen LogP) is 3.00. The molecule has 142 valence electrons. The number of carbonyl (C=O) groups excluding carboxylic acids is 1. The second-order valence-corrected chi connectivity index (χ2v) is 8.47.